The Morgan fingerprint density at radius 3 is 1.70 bits per heavy atom. The molecule has 0 saturated carbocycles. The summed E-state index contributed by atoms with van der Waals surface area (Å²) in [7, 11) is 0. The van der Waals surface area contributed by atoms with Crippen molar-refractivity contribution < 1.29 is 0 Å². The summed E-state index contributed by atoms with van der Waals surface area (Å²) in [6.07, 6.45) is 4.57. The van der Waals surface area contributed by atoms with Gasteiger partial charge in [-0.05, 0) is 129 Å². The molecular weight excluding hydrogens is 677 g/mol. The number of fused-ring (bicyclic) bond motifs is 11. The number of rotatable bonds is 3. The van der Waals surface area contributed by atoms with E-state index in [1.54, 1.807) is 0 Å². The van der Waals surface area contributed by atoms with Crippen molar-refractivity contribution in [1.29, 1.82) is 0 Å². The molecule has 3 aliphatic rings. The molecule has 268 valence electrons. The maximum atomic E-state index is 2.60. The maximum Gasteiger partial charge on any atom is 0.0547 e. The van der Waals surface area contributed by atoms with Gasteiger partial charge in [0, 0.05) is 43.8 Å². The first kappa shape index (κ1) is 31.9. The van der Waals surface area contributed by atoms with Crippen LogP contribution in [0.2, 0.25) is 0 Å². The lowest BCUT2D eigenvalue weighted by Crippen LogP contribution is -2.17. The van der Waals surface area contributed by atoms with Crippen molar-refractivity contribution in [3.8, 4) is 27.9 Å². The van der Waals surface area contributed by atoms with Crippen LogP contribution in [0.15, 0.2) is 163 Å². The Balaban J connectivity index is 1.05. The van der Waals surface area contributed by atoms with Crippen LogP contribution in [-0.2, 0) is 10.8 Å². The number of allylic oxidation sites excluding steroid dienone is 4. The molecule has 12 rings (SSSR count). The zero-order valence-corrected chi connectivity index (χ0v) is 32.3. The molecule has 0 fully saturated rings. The van der Waals surface area contributed by atoms with Crippen LogP contribution in [0.25, 0.3) is 82.8 Å². The Hall–Kier alpha value is -6.38. The molecule has 2 heteroatoms. The Bertz CT molecular complexity index is 3220. The molecule has 7 aromatic carbocycles. The molecule has 0 amide bonds. The van der Waals surface area contributed by atoms with E-state index in [0.29, 0.717) is 0 Å². The van der Waals surface area contributed by atoms with E-state index >= 15 is 0 Å². The molecule has 0 N–H and O–H groups in total. The quantitative estimate of drug-likeness (QED) is 0.172. The summed E-state index contributed by atoms with van der Waals surface area (Å²) in [4.78, 5) is 0. The largest absolute Gasteiger partial charge is 0.313 e. The van der Waals surface area contributed by atoms with E-state index in [1.807, 2.05) is 0 Å². The summed E-state index contributed by atoms with van der Waals surface area (Å²) >= 11 is 0. The topological polar surface area (TPSA) is 9.86 Å². The van der Waals surface area contributed by atoms with Gasteiger partial charge in [-0.15, -0.1) is 0 Å². The van der Waals surface area contributed by atoms with E-state index in [4.69, 9.17) is 0 Å². The normalized spacial score (nSPS) is 16.4. The van der Waals surface area contributed by atoms with E-state index in [2.05, 4.69) is 195 Å². The fourth-order valence-electron chi connectivity index (χ4n) is 10.8. The molecule has 0 unspecified atom stereocenters. The van der Waals surface area contributed by atoms with Gasteiger partial charge < -0.3 is 9.13 Å². The first-order valence-corrected chi connectivity index (χ1v) is 20.1. The summed E-state index contributed by atoms with van der Waals surface area (Å²) in [5.74, 6) is 0. The van der Waals surface area contributed by atoms with E-state index in [-0.39, 0.29) is 10.8 Å². The smallest absolute Gasteiger partial charge is 0.0547 e. The van der Waals surface area contributed by atoms with Crippen molar-refractivity contribution in [2.24, 2.45) is 0 Å². The fourth-order valence-corrected chi connectivity index (χ4v) is 10.8. The minimum atomic E-state index is -0.125. The van der Waals surface area contributed by atoms with Gasteiger partial charge in [-0.25, -0.2) is 0 Å². The van der Waals surface area contributed by atoms with Gasteiger partial charge >= 0.3 is 0 Å². The van der Waals surface area contributed by atoms with Gasteiger partial charge in [-0.3, -0.25) is 0 Å². The summed E-state index contributed by atoms with van der Waals surface area (Å²) < 4.78 is 5.06. The van der Waals surface area contributed by atoms with Crippen molar-refractivity contribution in [2.45, 2.75) is 51.4 Å². The zero-order chi connectivity index (χ0) is 37.5. The number of hydrogen-bond acceptors (Lipinski definition) is 0. The van der Waals surface area contributed by atoms with Gasteiger partial charge in [0.25, 0.3) is 0 Å². The maximum absolute atomic E-state index is 2.60. The third-order valence-electron chi connectivity index (χ3n) is 13.6. The van der Waals surface area contributed by atoms with Crippen LogP contribution < -0.4 is 0 Å². The van der Waals surface area contributed by atoms with Crippen LogP contribution in [0, 0.1) is 0 Å². The standard InChI is InChI=1S/C54H42N2/c1-53(2)45-27-34(33-15-7-5-8-16-33)23-25-37(45)41-32-52-44(30-47(41)53)40-20-12-14-22-50(40)56(52)36-24-26-38-42-31-51-43(29-48(42)54(3,4)46(38)28-36)39-19-11-13-21-49(39)55(51)35-17-9-6-10-18-35/h5-23,25,27-32H,24,26H2,1-4H3. The average Bonchev–Trinajstić information content (AvgIpc) is 3.88. The van der Waals surface area contributed by atoms with Crippen LogP contribution >= 0.6 is 0 Å². The van der Waals surface area contributed by atoms with Gasteiger partial charge in [0.1, 0.15) is 0 Å². The predicted molar refractivity (Wildman–Crippen MR) is 237 cm³/mol. The molecule has 0 saturated heterocycles. The number of hydrogen-bond donors (Lipinski definition) is 0. The van der Waals surface area contributed by atoms with Gasteiger partial charge in [-0.2, -0.15) is 0 Å². The molecule has 2 heterocycles. The van der Waals surface area contributed by atoms with Crippen molar-refractivity contribution in [3.05, 3.63) is 186 Å². The molecule has 2 nitrogen and oxygen atoms in total. The SMILES string of the molecule is CC1(C)C2=C(CCC(n3c4ccccc4c4cc5c(cc43)-c3ccc(-c4ccccc4)cc3C5(C)C)=C2)c2cc3c(cc21)c1ccccc1n3-c1ccccc1. The highest BCUT2D eigenvalue weighted by Crippen LogP contribution is 2.55. The molecule has 0 radical (unpaired) electrons. The minimum absolute atomic E-state index is 0.104. The predicted octanol–water partition coefficient (Wildman–Crippen LogP) is 14.2. The monoisotopic (exact) mass is 718 g/mol. The van der Waals surface area contributed by atoms with E-state index in [1.165, 1.54) is 111 Å². The van der Waals surface area contributed by atoms with Crippen LogP contribution in [0.1, 0.15) is 62.8 Å². The summed E-state index contributed by atoms with van der Waals surface area (Å²) in [5.41, 5.74) is 21.4. The molecule has 0 aliphatic heterocycles. The molecule has 0 atom stereocenters. The van der Waals surface area contributed by atoms with Crippen molar-refractivity contribution in [2.75, 3.05) is 0 Å². The summed E-state index contributed by atoms with van der Waals surface area (Å²) in [6.45, 7) is 9.69. The molecule has 56 heavy (non-hydrogen) atoms. The van der Waals surface area contributed by atoms with E-state index in [0.717, 1.165) is 12.8 Å². The molecule has 2 aromatic heterocycles. The first-order chi connectivity index (χ1) is 27.3. The second-order valence-corrected chi connectivity index (χ2v) is 17.3. The highest BCUT2D eigenvalue weighted by Gasteiger charge is 2.40. The Kier molecular flexibility index (Phi) is 6.33. The molecule has 3 aliphatic carbocycles. The van der Waals surface area contributed by atoms with E-state index in [9.17, 15) is 0 Å². The van der Waals surface area contributed by atoms with Gasteiger partial charge in [0.05, 0.1) is 22.1 Å². The number of aromatic nitrogens is 2. The van der Waals surface area contributed by atoms with Gasteiger partial charge in [0.2, 0.25) is 0 Å². The summed E-state index contributed by atoms with van der Waals surface area (Å²) in [5, 5.41) is 5.31. The Morgan fingerprint density at radius 2 is 0.982 bits per heavy atom. The van der Waals surface area contributed by atoms with E-state index < -0.39 is 0 Å². The Morgan fingerprint density at radius 1 is 0.411 bits per heavy atom. The van der Waals surface area contributed by atoms with Gasteiger partial charge in [0.15, 0.2) is 0 Å². The lowest BCUT2D eigenvalue weighted by molar-refractivity contribution is 0.652. The first-order valence-electron chi connectivity index (χ1n) is 20.1. The molecule has 0 bridgehead atoms. The van der Waals surface area contributed by atoms with Crippen molar-refractivity contribution in [1.82, 2.24) is 9.13 Å². The fraction of sp³-hybridized carbons (Fsp3) is 0.148. The molecule has 0 spiro atoms. The van der Waals surface area contributed by atoms with Crippen LogP contribution in [0.3, 0.4) is 0 Å². The second kappa shape index (κ2) is 11.1. The lowest BCUT2D eigenvalue weighted by Gasteiger charge is -2.26. The lowest BCUT2D eigenvalue weighted by atomic mass is 9.79. The van der Waals surface area contributed by atoms with Crippen molar-refractivity contribution >= 4 is 54.9 Å². The molecular formula is C54H42N2. The third kappa shape index (κ3) is 4.17. The van der Waals surface area contributed by atoms with Crippen LogP contribution in [0.5, 0.6) is 0 Å². The van der Waals surface area contributed by atoms with Crippen LogP contribution in [-0.4, -0.2) is 9.13 Å². The minimum Gasteiger partial charge on any atom is -0.313 e. The van der Waals surface area contributed by atoms with Crippen LogP contribution in [0.4, 0.5) is 0 Å². The number of nitrogens with zero attached hydrogens (tertiary/aromatic N) is 2. The molecule has 9 aromatic rings. The van der Waals surface area contributed by atoms with Crippen molar-refractivity contribution in [3.63, 3.8) is 0 Å². The number of para-hydroxylation sites is 3. The zero-order valence-electron chi connectivity index (χ0n) is 32.3. The van der Waals surface area contributed by atoms with Gasteiger partial charge in [-0.1, -0.05) is 125 Å². The highest BCUT2D eigenvalue weighted by atomic mass is 15.0. The number of benzene rings is 7. The third-order valence-corrected chi connectivity index (χ3v) is 13.6. The average molecular weight is 719 g/mol. The Labute approximate surface area is 327 Å². The summed E-state index contributed by atoms with van der Waals surface area (Å²) in [6, 6.07) is 56.8. The highest BCUT2D eigenvalue weighted by molar-refractivity contribution is 6.13. The second-order valence-electron chi connectivity index (χ2n) is 17.3.